The minimum Gasteiger partial charge on any atom is -0.383 e. The molecule has 0 aliphatic carbocycles. The summed E-state index contributed by atoms with van der Waals surface area (Å²) in [6.07, 6.45) is 3.07. The maximum atomic E-state index is 11.8. The van der Waals surface area contributed by atoms with Crippen molar-refractivity contribution >= 4 is 23.6 Å². The van der Waals surface area contributed by atoms with Gasteiger partial charge < -0.3 is 25.0 Å². The molecule has 0 bridgehead atoms. The zero-order valence-electron chi connectivity index (χ0n) is 15.0. The van der Waals surface area contributed by atoms with Crippen LogP contribution in [0.25, 0.3) is 0 Å². The summed E-state index contributed by atoms with van der Waals surface area (Å²) in [6.45, 7) is 2.17. The van der Waals surface area contributed by atoms with E-state index in [4.69, 9.17) is 9.47 Å². The average Bonchev–Trinajstić information content (AvgIpc) is 2.99. The number of carbonyl (C=O) groups is 1. The van der Waals surface area contributed by atoms with E-state index in [1.807, 2.05) is 11.8 Å². The first-order chi connectivity index (χ1) is 11.5. The Morgan fingerprint density at radius 3 is 3.00 bits per heavy atom. The van der Waals surface area contributed by atoms with Crippen molar-refractivity contribution < 1.29 is 14.3 Å². The quantitative estimate of drug-likeness (QED) is 0.404. The summed E-state index contributed by atoms with van der Waals surface area (Å²) < 4.78 is 11.1. The van der Waals surface area contributed by atoms with E-state index in [1.54, 1.807) is 26.1 Å². The highest BCUT2D eigenvalue weighted by Gasteiger charge is 2.40. The molecule has 0 radical (unpaired) electrons. The highest BCUT2D eigenvalue weighted by molar-refractivity contribution is 7.99. The number of likely N-dealkylation sites (N-methyl/N-ethyl adjacent to an activating group) is 1. The Balaban J connectivity index is 1.92. The molecule has 2 fully saturated rings. The second-order valence-electron chi connectivity index (χ2n) is 6.54. The maximum Gasteiger partial charge on any atom is 0.243 e. The van der Waals surface area contributed by atoms with E-state index < -0.39 is 0 Å². The van der Waals surface area contributed by atoms with Gasteiger partial charge in [0.25, 0.3) is 0 Å². The summed E-state index contributed by atoms with van der Waals surface area (Å²) in [5.41, 5.74) is 0.0255. The topological polar surface area (TPSA) is 75.2 Å². The monoisotopic (exact) mass is 358 g/mol. The van der Waals surface area contributed by atoms with E-state index in [9.17, 15) is 4.79 Å². The highest BCUT2D eigenvalue weighted by atomic mass is 32.2. The number of ether oxygens (including phenoxy) is 2. The molecule has 138 valence electrons. The third-order valence-corrected chi connectivity index (χ3v) is 5.59. The molecule has 8 heteroatoms. The number of methoxy groups -OCH3 is 1. The molecule has 7 nitrogen and oxygen atoms in total. The molecule has 0 aromatic carbocycles. The van der Waals surface area contributed by atoms with Crippen molar-refractivity contribution in [2.75, 3.05) is 59.0 Å². The zero-order valence-corrected chi connectivity index (χ0v) is 15.8. The Labute approximate surface area is 148 Å². The molecule has 2 heterocycles. The lowest BCUT2D eigenvalue weighted by Crippen LogP contribution is -2.52. The Hall–Kier alpha value is -0.990. The fraction of sp³-hybridized carbons (Fsp3) is 0.875. The first kappa shape index (κ1) is 19.3. The van der Waals surface area contributed by atoms with Gasteiger partial charge in [0.15, 0.2) is 5.96 Å². The van der Waals surface area contributed by atoms with Crippen molar-refractivity contribution in [1.82, 2.24) is 15.5 Å². The Kier molecular flexibility index (Phi) is 7.64. The lowest BCUT2D eigenvalue weighted by atomic mass is 9.90. The van der Waals surface area contributed by atoms with Crippen LogP contribution in [0.5, 0.6) is 0 Å². The minimum absolute atomic E-state index is 0.0153. The van der Waals surface area contributed by atoms with Crippen LogP contribution in [0.15, 0.2) is 4.99 Å². The summed E-state index contributed by atoms with van der Waals surface area (Å²) in [5.74, 6) is 2.92. The number of nitrogens with one attached hydrogen (secondary N) is 2. The van der Waals surface area contributed by atoms with Gasteiger partial charge in [-0.25, -0.2) is 4.99 Å². The van der Waals surface area contributed by atoms with E-state index in [2.05, 4.69) is 15.6 Å². The third-order valence-electron chi connectivity index (χ3n) is 4.37. The van der Waals surface area contributed by atoms with Gasteiger partial charge in [0.1, 0.15) is 6.54 Å². The van der Waals surface area contributed by atoms with Crippen LogP contribution in [-0.4, -0.2) is 87.4 Å². The van der Waals surface area contributed by atoms with Gasteiger partial charge in [-0.3, -0.25) is 4.79 Å². The van der Waals surface area contributed by atoms with Crippen LogP contribution in [0.3, 0.4) is 0 Å². The standard InChI is InChI=1S/C16H30N4O3S/c1-20(2)14(21)11-18-15(17-6-8-22-3)19-13-4-7-23-16(10-13)5-9-24-12-16/h13H,4-12H2,1-3H3,(H2,17,18,19). The Bertz CT molecular complexity index is 439. The largest absolute Gasteiger partial charge is 0.383 e. The van der Waals surface area contributed by atoms with Gasteiger partial charge in [0, 0.05) is 46.2 Å². The maximum absolute atomic E-state index is 11.8. The normalized spacial score (nSPS) is 27.3. The van der Waals surface area contributed by atoms with Crippen LogP contribution in [0.1, 0.15) is 19.3 Å². The number of hydrogen-bond donors (Lipinski definition) is 2. The van der Waals surface area contributed by atoms with Crippen LogP contribution in [-0.2, 0) is 14.3 Å². The molecule has 0 aromatic rings. The van der Waals surface area contributed by atoms with Crippen LogP contribution in [0.2, 0.25) is 0 Å². The van der Waals surface area contributed by atoms with Gasteiger partial charge in [-0.1, -0.05) is 0 Å². The number of carbonyl (C=O) groups excluding carboxylic acids is 1. The summed E-state index contributed by atoms with van der Waals surface area (Å²) in [6, 6.07) is 0.320. The molecule has 0 saturated carbocycles. The minimum atomic E-state index is -0.0153. The van der Waals surface area contributed by atoms with E-state index in [-0.39, 0.29) is 18.1 Å². The lowest BCUT2D eigenvalue weighted by Gasteiger charge is -2.38. The van der Waals surface area contributed by atoms with Crippen LogP contribution in [0, 0.1) is 0 Å². The second kappa shape index (κ2) is 9.48. The SMILES string of the molecule is COCCNC(=NCC(=O)N(C)C)NC1CCOC2(CCSC2)C1. The first-order valence-corrected chi connectivity index (χ1v) is 9.66. The Morgan fingerprint density at radius 2 is 2.33 bits per heavy atom. The molecule has 2 aliphatic rings. The van der Waals surface area contributed by atoms with Crippen LogP contribution < -0.4 is 10.6 Å². The molecular formula is C16H30N4O3S. The van der Waals surface area contributed by atoms with Gasteiger partial charge in [-0.15, -0.1) is 0 Å². The number of guanidine groups is 1. The number of amides is 1. The van der Waals surface area contributed by atoms with E-state index in [0.717, 1.165) is 31.6 Å². The van der Waals surface area contributed by atoms with Crippen molar-refractivity contribution in [3.8, 4) is 0 Å². The predicted molar refractivity (Wildman–Crippen MR) is 97.7 cm³/mol. The Morgan fingerprint density at radius 1 is 1.50 bits per heavy atom. The number of aliphatic imine (C=N–C) groups is 1. The molecule has 1 amide bonds. The second-order valence-corrected chi connectivity index (χ2v) is 7.65. The van der Waals surface area contributed by atoms with Gasteiger partial charge >= 0.3 is 0 Å². The number of hydrogen-bond acceptors (Lipinski definition) is 5. The van der Waals surface area contributed by atoms with Crippen molar-refractivity contribution in [2.45, 2.75) is 30.9 Å². The van der Waals surface area contributed by atoms with Crippen molar-refractivity contribution in [1.29, 1.82) is 0 Å². The third kappa shape index (κ3) is 5.82. The van der Waals surface area contributed by atoms with E-state index in [1.165, 1.54) is 5.75 Å². The first-order valence-electron chi connectivity index (χ1n) is 8.50. The smallest absolute Gasteiger partial charge is 0.243 e. The molecule has 24 heavy (non-hydrogen) atoms. The average molecular weight is 359 g/mol. The summed E-state index contributed by atoms with van der Waals surface area (Å²) in [5, 5.41) is 6.72. The predicted octanol–water partition coefficient (Wildman–Crippen LogP) is 0.311. The van der Waals surface area contributed by atoms with Crippen molar-refractivity contribution in [3.63, 3.8) is 0 Å². The number of rotatable bonds is 6. The van der Waals surface area contributed by atoms with E-state index >= 15 is 0 Å². The highest BCUT2D eigenvalue weighted by Crippen LogP contribution is 2.38. The summed E-state index contributed by atoms with van der Waals surface area (Å²) in [7, 11) is 5.15. The zero-order chi connectivity index (χ0) is 17.4. The summed E-state index contributed by atoms with van der Waals surface area (Å²) in [4.78, 5) is 17.8. The fourth-order valence-electron chi connectivity index (χ4n) is 2.92. The van der Waals surface area contributed by atoms with E-state index in [0.29, 0.717) is 25.2 Å². The molecule has 2 rings (SSSR count). The molecule has 2 unspecified atom stereocenters. The molecule has 0 aromatic heterocycles. The van der Waals surface area contributed by atoms with Crippen molar-refractivity contribution in [2.24, 2.45) is 4.99 Å². The number of nitrogens with zero attached hydrogens (tertiary/aromatic N) is 2. The number of thioether (sulfide) groups is 1. The van der Waals surface area contributed by atoms with Crippen LogP contribution in [0.4, 0.5) is 0 Å². The van der Waals surface area contributed by atoms with Crippen LogP contribution >= 0.6 is 11.8 Å². The van der Waals surface area contributed by atoms with Gasteiger partial charge in [-0.2, -0.15) is 11.8 Å². The van der Waals surface area contributed by atoms with Gasteiger partial charge in [-0.05, 0) is 25.0 Å². The summed E-state index contributed by atoms with van der Waals surface area (Å²) >= 11 is 1.97. The molecule has 2 aliphatic heterocycles. The molecular weight excluding hydrogens is 328 g/mol. The molecule has 2 saturated heterocycles. The molecule has 1 spiro atoms. The van der Waals surface area contributed by atoms with Gasteiger partial charge in [0.2, 0.25) is 5.91 Å². The molecule has 2 atom stereocenters. The van der Waals surface area contributed by atoms with Gasteiger partial charge in [0.05, 0.1) is 12.2 Å². The lowest BCUT2D eigenvalue weighted by molar-refractivity contribution is -0.127. The molecule has 2 N–H and O–H groups in total. The fourth-order valence-corrected chi connectivity index (χ4v) is 4.30. The van der Waals surface area contributed by atoms with Crippen molar-refractivity contribution in [3.05, 3.63) is 0 Å².